The predicted molar refractivity (Wildman–Crippen MR) is 89.6 cm³/mol. The fourth-order valence-electron chi connectivity index (χ4n) is 2.63. The maximum Gasteiger partial charge on any atom is 0.435 e. The lowest BCUT2D eigenvalue weighted by atomic mass is 10.2. The highest BCUT2D eigenvalue weighted by atomic mass is 35.5. The minimum absolute atomic E-state index is 0.0203. The van der Waals surface area contributed by atoms with Crippen LogP contribution in [0.1, 0.15) is 11.3 Å². The molecule has 0 fully saturated rings. The lowest BCUT2D eigenvalue weighted by Crippen LogP contribution is -2.22. The van der Waals surface area contributed by atoms with E-state index in [1.807, 2.05) is 0 Å². The predicted octanol–water partition coefficient (Wildman–Crippen LogP) is 2.92. The van der Waals surface area contributed by atoms with Gasteiger partial charge in [0, 0.05) is 51.2 Å². The number of halogens is 4. The number of anilines is 1. The van der Waals surface area contributed by atoms with E-state index in [1.165, 1.54) is 13.2 Å². The molecule has 0 bridgehead atoms. The van der Waals surface area contributed by atoms with Gasteiger partial charge in [-0.25, -0.2) is 4.98 Å². The summed E-state index contributed by atoms with van der Waals surface area (Å²) in [4.78, 5) is 5.57. The largest absolute Gasteiger partial charge is 0.435 e. The lowest BCUT2D eigenvalue weighted by Gasteiger charge is -2.18. The number of aromatic nitrogens is 6. The first-order chi connectivity index (χ1) is 12.2. The monoisotopic (exact) mass is 385 g/mol. The zero-order valence-electron chi connectivity index (χ0n) is 14.2. The van der Waals surface area contributed by atoms with Crippen LogP contribution >= 0.6 is 11.6 Å². The Bertz CT molecular complexity index is 914. The van der Waals surface area contributed by atoms with E-state index >= 15 is 0 Å². The number of hydrogen-bond acceptors (Lipinski definition) is 5. The molecular formula is C15H15ClF3N7. The molecular weight excluding hydrogens is 371 g/mol. The van der Waals surface area contributed by atoms with Crippen LogP contribution in [0.4, 0.5) is 19.1 Å². The smallest absolute Gasteiger partial charge is 0.340 e. The summed E-state index contributed by atoms with van der Waals surface area (Å²) in [6.45, 7) is -0.0203. The quantitative estimate of drug-likeness (QED) is 0.646. The third-order valence-electron chi connectivity index (χ3n) is 3.76. The molecule has 0 saturated heterocycles. The molecule has 0 aliphatic carbocycles. The van der Waals surface area contributed by atoms with E-state index < -0.39 is 11.9 Å². The number of aryl methyl sites for hydroxylation is 1. The highest BCUT2D eigenvalue weighted by molar-refractivity contribution is 6.29. The minimum Gasteiger partial charge on any atom is -0.340 e. The second-order valence-electron chi connectivity index (χ2n) is 5.78. The Hall–Kier alpha value is -2.62. The van der Waals surface area contributed by atoms with Crippen molar-refractivity contribution in [2.24, 2.45) is 14.1 Å². The Morgan fingerprint density at radius 1 is 1.19 bits per heavy atom. The van der Waals surface area contributed by atoms with Crippen molar-refractivity contribution < 1.29 is 13.2 Å². The van der Waals surface area contributed by atoms with Crippen molar-refractivity contribution in [3.05, 3.63) is 40.9 Å². The Morgan fingerprint density at radius 2 is 1.92 bits per heavy atom. The maximum absolute atomic E-state index is 13.1. The molecule has 3 heterocycles. The lowest BCUT2D eigenvalue weighted by molar-refractivity contribution is -0.142. The molecule has 3 aromatic heterocycles. The first-order valence-corrected chi connectivity index (χ1v) is 7.86. The van der Waals surface area contributed by atoms with Crippen LogP contribution < -0.4 is 4.90 Å². The number of nitrogens with zero attached hydrogens (tertiary/aromatic N) is 7. The molecule has 0 atom stereocenters. The average Bonchev–Trinajstić information content (AvgIpc) is 3.11. The molecule has 0 N–H and O–H groups in total. The van der Waals surface area contributed by atoms with Gasteiger partial charge in [-0.1, -0.05) is 11.6 Å². The SMILES string of the molecule is CN(Cc1cn(C)nc1C(F)(F)F)c1nnc(-c2ccc(Cl)nc2)n1C. The summed E-state index contributed by atoms with van der Waals surface area (Å²) in [5.41, 5.74) is -0.155. The van der Waals surface area contributed by atoms with Crippen molar-refractivity contribution in [3.8, 4) is 11.4 Å². The maximum atomic E-state index is 13.1. The van der Waals surface area contributed by atoms with E-state index in [0.29, 0.717) is 22.5 Å². The van der Waals surface area contributed by atoms with Gasteiger partial charge in [0.05, 0.1) is 0 Å². The second kappa shape index (κ2) is 6.60. The molecule has 0 saturated carbocycles. The van der Waals surface area contributed by atoms with E-state index in [0.717, 1.165) is 4.68 Å². The second-order valence-corrected chi connectivity index (χ2v) is 6.17. The van der Waals surface area contributed by atoms with Gasteiger partial charge in [-0.3, -0.25) is 9.25 Å². The Labute approximate surface area is 152 Å². The Morgan fingerprint density at radius 3 is 2.54 bits per heavy atom. The van der Waals surface area contributed by atoms with Gasteiger partial charge in [0.2, 0.25) is 5.95 Å². The van der Waals surface area contributed by atoms with Gasteiger partial charge >= 0.3 is 6.18 Å². The molecule has 0 radical (unpaired) electrons. The summed E-state index contributed by atoms with van der Waals surface area (Å²) < 4.78 is 42.1. The highest BCUT2D eigenvalue weighted by Gasteiger charge is 2.37. The summed E-state index contributed by atoms with van der Waals surface area (Å²) in [7, 11) is 4.82. The van der Waals surface area contributed by atoms with Crippen LogP contribution in [-0.2, 0) is 26.8 Å². The van der Waals surface area contributed by atoms with Crippen molar-refractivity contribution in [1.82, 2.24) is 29.5 Å². The third kappa shape index (κ3) is 3.50. The van der Waals surface area contributed by atoms with Crippen LogP contribution in [-0.4, -0.2) is 36.6 Å². The molecule has 0 aliphatic heterocycles. The molecule has 3 aromatic rings. The van der Waals surface area contributed by atoms with Gasteiger partial charge in [-0.2, -0.15) is 18.3 Å². The van der Waals surface area contributed by atoms with E-state index in [2.05, 4.69) is 20.3 Å². The zero-order chi connectivity index (χ0) is 19.1. The summed E-state index contributed by atoms with van der Waals surface area (Å²) in [5.74, 6) is 0.935. The summed E-state index contributed by atoms with van der Waals surface area (Å²) in [5, 5.41) is 12.0. The third-order valence-corrected chi connectivity index (χ3v) is 3.98. The van der Waals surface area contributed by atoms with E-state index in [4.69, 9.17) is 11.6 Å². The molecule has 0 aromatic carbocycles. The highest BCUT2D eigenvalue weighted by Crippen LogP contribution is 2.31. The zero-order valence-corrected chi connectivity index (χ0v) is 14.9. The van der Waals surface area contributed by atoms with Crippen molar-refractivity contribution in [1.29, 1.82) is 0 Å². The van der Waals surface area contributed by atoms with Crippen LogP contribution in [0.5, 0.6) is 0 Å². The van der Waals surface area contributed by atoms with Crippen molar-refractivity contribution in [3.63, 3.8) is 0 Å². The van der Waals surface area contributed by atoms with Crippen molar-refractivity contribution >= 4 is 17.5 Å². The molecule has 11 heteroatoms. The minimum atomic E-state index is -4.52. The van der Waals surface area contributed by atoms with Gasteiger partial charge in [-0.05, 0) is 12.1 Å². The number of pyridine rings is 1. The first-order valence-electron chi connectivity index (χ1n) is 7.49. The molecule has 0 aliphatic rings. The summed E-state index contributed by atoms with van der Waals surface area (Å²) in [6, 6.07) is 3.37. The van der Waals surface area contributed by atoms with Crippen molar-refractivity contribution in [2.75, 3.05) is 11.9 Å². The van der Waals surface area contributed by atoms with Crippen LogP contribution in [0, 0.1) is 0 Å². The van der Waals surface area contributed by atoms with Crippen molar-refractivity contribution in [2.45, 2.75) is 12.7 Å². The van der Waals surface area contributed by atoms with Gasteiger partial charge in [-0.15, -0.1) is 10.2 Å². The number of hydrogen-bond donors (Lipinski definition) is 0. The van der Waals surface area contributed by atoms with Gasteiger partial charge in [0.1, 0.15) is 5.15 Å². The van der Waals surface area contributed by atoms with Crippen LogP contribution in [0.2, 0.25) is 5.15 Å². The number of alkyl halides is 3. The molecule has 0 unspecified atom stereocenters. The van der Waals surface area contributed by atoms with Gasteiger partial charge < -0.3 is 4.90 Å². The standard InChI is InChI=1S/C15H15ClF3N7/c1-24(7-10-8-25(2)23-12(10)15(17,18)19)14-22-21-13(26(14)3)9-4-5-11(16)20-6-9/h4-6,8H,7H2,1-3H3. The Balaban J connectivity index is 1.88. The number of rotatable bonds is 4. The normalized spacial score (nSPS) is 11.8. The molecule has 0 amide bonds. The van der Waals surface area contributed by atoms with E-state index in [1.54, 1.807) is 41.9 Å². The topological polar surface area (TPSA) is 64.7 Å². The average molecular weight is 386 g/mol. The van der Waals surface area contributed by atoms with Gasteiger partial charge in [0.25, 0.3) is 0 Å². The Kier molecular flexibility index (Phi) is 4.61. The molecule has 0 spiro atoms. The molecule has 26 heavy (non-hydrogen) atoms. The fourth-order valence-corrected chi connectivity index (χ4v) is 2.74. The van der Waals surface area contributed by atoms with Gasteiger partial charge in [0.15, 0.2) is 11.5 Å². The van der Waals surface area contributed by atoms with Crippen LogP contribution in [0.3, 0.4) is 0 Å². The molecule has 7 nitrogen and oxygen atoms in total. The van der Waals surface area contributed by atoms with E-state index in [9.17, 15) is 13.2 Å². The summed E-state index contributed by atoms with van der Waals surface area (Å²) >= 11 is 5.78. The van der Waals surface area contributed by atoms with E-state index in [-0.39, 0.29) is 12.1 Å². The van der Waals surface area contributed by atoms with Crippen LogP contribution in [0.15, 0.2) is 24.5 Å². The van der Waals surface area contributed by atoms with Crippen LogP contribution in [0.25, 0.3) is 11.4 Å². The molecule has 3 rings (SSSR count). The first kappa shape index (κ1) is 18.2. The summed E-state index contributed by atoms with van der Waals surface area (Å²) in [6.07, 6.45) is -1.61. The fraction of sp³-hybridized carbons (Fsp3) is 0.333. The molecule has 138 valence electrons.